The highest BCUT2D eigenvalue weighted by Gasteiger charge is 2.19. The molecule has 8 nitrogen and oxygen atoms in total. The van der Waals surface area contributed by atoms with E-state index in [0.29, 0.717) is 22.7 Å². The van der Waals surface area contributed by atoms with Gasteiger partial charge in [0.25, 0.3) is 5.91 Å². The summed E-state index contributed by atoms with van der Waals surface area (Å²) in [5.74, 6) is 0.168. The average molecular weight is 388 g/mol. The van der Waals surface area contributed by atoms with Gasteiger partial charge < -0.3 is 9.73 Å². The Morgan fingerprint density at radius 3 is 2.63 bits per heavy atom. The smallest absolute Gasteiger partial charge is 0.259 e. The number of hydrogen-bond donors (Lipinski definition) is 2. The van der Waals surface area contributed by atoms with Crippen LogP contribution >= 0.6 is 0 Å². The van der Waals surface area contributed by atoms with Crippen LogP contribution in [0.5, 0.6) is 0 Å². The van der Waals surface area contributed by atoms with Crippen molar-refractivity contribution < 1.29 is 17.6 Å². The molecular weight excluding hydrogens is 368 g/mol. The molecule has 2 heterocycles. The number of hydrogen-bond acceptors (Lipinski definition) is 5. The Morgan fingerprint density at radius 1 is 1.22 bits per heavy atom. The highest BCUT2D eigenvalue weighted by atomic mass is 32.2. The van der Waals surface area contributed by atoms with Gasteiger partial charge in [-0.2, -0.15) is 5.10 Å². The van der Waals surface area contributed by atoms with Gasteiger partial charge in [0.05, 0.1) is 29.0 Å². The fraction of sp³-hybridized carbons (Fsp3) is 0.222. The molecular formula is C18H20N4O4S. The van der Waals surface area contributed by atoms with Crippen LogP contribution in [0.2, 0.25) is 0 Å². The van der Waals surface area contributed by atoms with Gasteiger partial charge in [-0.25, -0.2) is 13.1 Å². The molecule has 2 N–H and O–H groups in total. The minimum atomic E-state index is -3.75. The molecule has 0 radical (unpaired) electrons. The summed E-state index contributed by atoms with van der Waals surface area (Å²) in [6.45, 7) is 3.59. The first-order valence-electron chi connectivity index (χ1n) is 8.21. The molecule has 142 valence electrons. The summed E-state index contributed by atoms with van der Waals surface area (Å²) in [5, 5.41) is 6.95. The Hall–Kier alpha value is -2.91. The molecule has 0 saturated heterocycles. The molecule has 1 aromatic carbocycles. The molecule has 0 unspecified atom stereocenters. The fourth-order valence-electron chi connectivity index (χ4n) is 2.70. The van der Waals surface area contributed by atoms with Gasteiger partial charge in [0.2, 0.25) is 10.0 Å². The molecule has 1 amide bonds. The summed E-state index contributed by atoms with van der Waals surface area (Å²) in [6.07, 6.45) is 1.47. The zero-order chi connectivity index (χ0) is 19.6. The van der Waals surface area contributed by atoms with Gasteiger partial charge in [0, 0.05) is 18.4 Å². The maximum Gasteiger partial charge on any atom is 0.259 e. The second kappa shape index (κ2) is 7.37. The Morgan fingerprint density at radius 2 is 2.00 bits per heavy atom. The second-order valence-corrected chi connectivity index (χ2v) is 7.82. The lowest BCUT2D eigenvalue weighted by Crippen LogP contribution is -2.23. The number of benzene rings is 1. The number of nitrogens with one attached hydrogen (secondary N) is 2. The largest absolute Gasteiger partial charge is 0.468 e. The predicted octanol–water partition coefficient (Wildman–Crippen LogP) is 2.36. The van der Waals surface area contributed by atoms with Gasteiger partial charge in [0.15, 0.2) is 0 Å². The minimum absolute atomic E-state index is 0.0417. The van der Waals surface area contributed by atoms with E-state index in [-0.39, 0.29) is 17.3 Å². The molecule has 0 fully saturated rings. The topological polar surface area (TPSA) is 106 Å². The number of sulfonamides is 1. The number of aryl methyl sites for hydroxylation is 2. The van der Waals surface area contributed by atoms with E-state index in [1.54, 1.807) is 49.8 Å². The molecule has 9 heteroatoms. The molecule has 0 aliphatic heterocycles. The van der Waals surface area contributed by atoms with E-state index in [9.17, 15) is 13.2 Å². The van der Waals surface area contributed by atoms with Crippen molar-refractivity contribution in [2.24, 2.45) is 7.05 Å². The summed E-state index contributed by atoms with van der Waals surface area (Å²) >= 11 is 0. The van der Waals surface area contributed by atoms with E-state index in [4.69, 9.17) is 4.42 Å². The Bertz CT molecular complexity index is 1070. The lowest BCUT2D eigenvalue weighted by Gasteiger charge is -2.09. The van der Waals surface area contributed by atoms with Gasteiger partial charge in [0.1, 0.15) is 5.76 Å². The van der Waals surface area contributed by atoms with Crippen molar-refractivity contribution in [3.05, 3.63) is 65.4 Å². The minimum Gasteiger partial charge on any atom is -0.468 e. The van der Waals surface area contributed by atoms with Crippen molar-refractivity contribution in [1.29, 1.82) is 0 Å². The van der Waals surface area contributed by atoms with Crippen LogP contribution in [0.15, 0.2) is 52.0 Å². The zero-order valence-electron chi connectivity index (χ0n) is 15.2. The fourth-order valence-corrected chi connectivity index (χ4v) is 3.74. The molecule has 3 aromatic rings. The zero-order valence-corrected chi connectivity index (χ0v) is 16.0. The third kappa shape index (κ3) is 4.09. The lowest BCUT2D eigenvalue weighted by atomic mass is 10.2. The number of rotatable bonds is 6. The Labute approximate surface area is 157 Å². The standard InChI is InChI=1S/C18H20N4O4S/c1-12-17(13(2)22(3)21-12)18(23)20-14-6-4-8-16(10-14)27(24,25)19-11-15-7-5-9-26-15/h4-10,19H,11H2,1-3H3,(H,20,23). The molecule has 0 saturated carbocycles. The van der Waals surface area contributed by atoms with Gasteiger partial charge in [-0.05, 0) is 44.2 Å². The molecule has 27 heavy (non-hydrogen) atoms. The first-order valence-corrected chi connectivity index (χ1v) is 9.70. The third-order valence-electron chi connectivity index (χ3n) is 4.15. The monoisotopic (exact) mass is 388 g/mol. The highest BCUT2D eigenvalue weighted by Crippen LogP contribution is 2.19. The van der Waals surface area contributed by atoms with E-state index >= 15 is 0 Å². The molecule has 0 atom stereocenters. The van der Waals surface area contributed by atoms with Crippen molar-refractivity contribution in [1.82, 2.24) is 14.5 Å². The lowest BCUT2D eigenvalue weighted by molar-refractivity contribution is 0.102. The van der Waals surface area contributed by atoms with Crippen LogP contribution < -0.4 is 10.0 Å². The van der Waals surface area contributed by atoms with Crippen molar-refractivity contribution in [3.63, 3.8) is 0 Å². The summed E-state index contributed by atoms with van der Waals surface area (Å²) in [4.78, 5) is 12.6. The SMILES string of the molecule is Cc1nn(C)c(C)c1C(=O)Nc1cccc(S(=O)(=O)NCc2ccco2)c1. The van der Waals surface area contributed by atoms with E-state index in [2.05, 4.69) is 15.1 Å². The van der Waals surface area contributed by atoms with Crippen LogP contribution in [0.3, 0.4) is 0 Å². The molecule has 0 aliphatic rings. The number of nitrogens with zero attached hydrogens (tertiary/aromatic N) is 2. The van der Waals surface area contributed by atoms with Crippen LogP contribution in [0.25, 0.3) is 0 Å². The Balaban J connectivity index is 1.77. The van der Waals surface area contributed by atoms with Crippen molar-refractivity contribution in [2.75, 3.05) is 5.32 Å². The van der Waals surface area contributed by atoms with Gasteiger partial charge >= 0.3 is 0 Å². The molecule has 0 bridgehead atoms. The van der Waals surface area contributed by atoms with Crippen molar-refractivity contribution >= 4 is 21.6 Å². The van der Waals surface area contributed by atoms with Crippen LogP contribution in [-0.2, 0) is 23.6 Å². The summed E-state index contributed by atoms with van der Waals surface area (Å²) in [6, 6.07) is 9.43. The van der Waals surface area contributed by atoms with Gasteiger partial charge in [-0.15, -0.1) is 0 Å². The second-order valence-electron chi connectivity index (χ2n) is 6.06. The van der Waals surface area contributed by atoms with E-state index < -0.39 is 10.0 Å². The van der Waals surface area contributed by atoms with Crippen LogP contribution in [-0.4, -0.2) is 24.1 Å². The summed E-state index contributed by atoms with van der Waals surface area (Å²) in [7, 11) is -1.99. The van der Waals surface area contributed by atoms with E-state index in [1.807, 2.05) is 0 Å². The summed E-state index contributed by atoms with van der Waals surface area (Å²) in [5.41, 5.74) is 2.19. The van der Waals surface area contributed by atoms with Crippen LogP contribution in [0.1, 0.15) is 27.5 Å². The van der Waals surface area contributed by atoms with E-state index in [0.717, 1.165) is 5.69 Å². The number of carbonyl (C=O) groups is 1. The number of aromatic nitrogens is 2. The Kier molecular flexibility index (Phi) is 5.15. The van der Waals surface area contributed by atoms with Crippen molar-refractivity contribution in [3.8, 4) is 0 Å². The molecule has 0 aliphatic carbocycles. The maximum atomic E-state index is 12.6. The van der Waals surface area contributed by atoms with E-state index in [1.165, 1.54) is 18.4 Å². The quantitative estimate of drug-likeness (QED) is 0.674. The number of furan rings is 1. The number of anilines is 1. The molecule has 0 spiro atoms. The normalized spacial score (nSPS) is 11.5. The van der Waals surface area contributed by atoms with Crippen LogP contribution in [0.4, 0.5) is 5.69 Å². The molecule has 2 aromatic heterocycles. The summed E-state index contributed by atoms with van der Waals surface area (Å²) < 4.78 is 34.2. The van der Waals surface area contributed by atoms with Gasteiger partial charge in [-0.1, -0.05) is 6.07 Å². The van der Waals surface area contributed by atoms with Crippen molar-refractivity contribution in [2.45, 2.75) is 25.3 Å². The first-order chi connectivity index (χ1) is 12.8. The first kappa shape index (κ1) is 18.9. The third-order valence-corrected chi connectivity index (χ3v) is 5.55. The highest BCUT2D eigenvalue weighted by molar-refractivity contribution is 7.89. The predicted molar refractivity (Wildman–Crippen MR) is 99.8 cm³/mol. The number of amides is 1. The average Bonchev–Trinajstić information content (AvgIpc) is 3.22. The van der Waals surface area contributed by atoms with Gasteiger partial charge in [-0.3, -0.25) is 9.48 Å². The molecule has 3 rings (SSSR count). The van der Waals surface area contributed by atoms with Crippen LogP contribution in [0, 0.1) is 13.8 Å². The maximum absolute atomic E-state index is 12.6. The number of carbonyl (C=O) groups excluding carboxylic acids is 1.